The molecule has 0 atom stereocenters. The molecular formula is C14H9N5O. The van der Waals surface area contributed by atoms with E-state index in [9.17, 15) is 4.79 Å². The Balaban J connectivity index is 2.37. The molecule has 1 amide bonds. The minimum absolute atomic E-state index is 0.133. The maximum atomic E-state index is 11.7. The van der Waals surface area contributed by atoms with E-state index in [1.807, 2.05) is 0 Å². The average molecular weight is 263 g/mol. The smallest absolute Gasteiger partial charge is 0.251 e. The fraction of sp³-hybridized carbons (Fsp3) is 0.143. The molecule has 0 bridgehead atoms. The van der Waals surface area contributed by atoms with Crippen molar-refractivity contribution in [2.24, 2.45) is 0 Å². The normalized spacial score (nSPS) is 11.9. The highest BCUT2D eigenvalue weighted by molar-refractivity contribution is 5.97. The van der Waals surface area contributed by atoms with Crippen LogP contribution < -0.4 is 10.6 Å². The van der Waals surface area contributed by atoms with E-state index < -0.39 is 0 Å². The van der Waals surface area contributed by atoms with Gasteiger partial charge in [-0.1, -0.05) is 6.07 Å². The topological polar surface area (TPSA) is 112 Å². The van der Waals surface area contributed by atoms with E-state index in [0.717, 1.165) is 12.0 Å². The molecule has 1 heterocycles. The van der Waals surface area contributed by atoms with Gasteiger partial charge in [0.2, 0.25) is 0 Å². The zero-order valence-electron chi connectivity index (χ0n) is 10.4. The molecule has 1 aromatic carbocycles. The summed E-state index contributed by atoms with van der Waals surface area (Å²) in [7, 11) is 0. The van der Waals surface area contributed by atoms with Crippen molar-refractivity contribution in [3.63, 3.8) is 0 Å². The van der Waals surface area contributed by atoms with Gasteiger partial charge < -0.3 is 10.6 Å². The van der Waals surface area contributed by atoms with Crippen molar-refractivity contribution in [2.45, 2.75) is 6.42 Å². The third-order valence-corrected chi connectivity index (χ3v) is 2.89. The number of nitriles is 3. The second-order valence-electron chi connectivity index (χ2n) is 4.09. The summed E-state index contributed by atoms with van der Waals surface area (Å²) in [5.74, 6) is -0.168. The molecule has 0 spiro atoms. The summed E-state index contributed by atoms with van der Waals surface area (Å²) in [5, 5.41) is 31.9. The Labute approximate surface area is 115 Å². The minimum Gasteiger partial charge on any atom is -0.352 e. The van der Waals surface area contributed by atoms with E-state index in [-0.39, 0.29) is 17.2 Å². The first-order valence-corrected chi connectivity index (χ1v) is 5.82. The Morgan fingerprint density at radius 3 is 2.60 bits per heavy atom. The molecule has 6 nitrogen and oxygen atoms in total. The average Bonchev–Trinajstić information content (AvgIpc) is 2.48. The predicted molar refractivity (Wildman–Crippen MR) is 70.0 cm³/mol. The Bertz CT molecular complexity index is 711. The van der Waals surface area contributed by atoms with E-state index in [2.05, 4.69) is 10.6 Å². The number of hydrogen-bond acceptors (Lipinski definition) is 5. The Hall–Kier alpha value is -3.30. The monoisotopic (exact) mass is 263 g/mol. The van der Waals surface area contributed by atoms with Gasteiger partial charge in [-0.3, -0.25) is 4.79 Å². The second kappa shape index (κ2) is 5.56. The van der Waals surface area contributed by atoms with Crippen LogP contribution in [0.2, 0.25) is 0 Å². The maximum absolute atomic E-state index is 11.7. The zero-order valence-corrected chi connectivity index (χ0v) is 10.4. The molecule has 2 rings (SSSR count). The fourth-order valence-corrected chi connectivity index (χ4v) is 1.92. The number of rotatable bonds is 2. The standard InChI is InChI=1S/C14H9N5O/c15-6-10(7-16)13(8-17)19-11-2-1-9-3-4-18-14(20)12(9)5-11/h1-2,5,19H,3-4H2,(H,18,20). The van der Waals surface area contributed by atoms with E-state index in [4.69, 9.17) is 15.8 Å². The van der Waals surface area contributed by atoms with Gasteiger partial charge in [0.25, 0.3) is 5.91 Å². The van der Waals surface area contributed by atoms with Crippen LogP contribution in [0, 0.1) is 34.0 Å². The van der Waals surface area contributed by atoms with E-state index in [1.165, 1.54) is 0 Å². The lowest BCUT2D eigenvalue weighted by Crippen LogP contribution is -2.31. The fourth-order valence-electron chi connectivity index (χ4n) is 1.92. The molecule has 2 N–H and O–H groups in total. The number of allylic oxidation sites excluding steroid dienone is 2. The molecule has 0 radical (unpaired) electrons. The molecule has 96 valence electrons. The highest BCUT2D eigenvalue weighted by atomic mass is 16.1. The van der Waals surface area contributed by atoms with Crippen LogP contribution in [-0.4, -0.2) is 12.5 Å². The number of carbonyl (C=O) groups is 1. The van der Waals surface area contributed by atoms with E-state index >= 15 is 0 Å². The third-order valence-electron chi connectivity index (χ3n) is 2.89. The lowest BCUT2D eigenvalue weighted by molar-refractivity contribution is 0.0946. The van der Waals surface area contributed by atoms with Crippen LogP contribution in [0.4, 0.5) is 5.69 Å². The van der Waals surface area contributed by atoms with Gasteiger partial charge in [0.15, 0.2) is 5.57 Å². The number of anilines is 1. The number of amides is 1. The molecule has 0 fully saturated rings. The Morgan fingerprint density at radius 2 is 1.95 bits per heavy atom. The summed E-state index contributed by atoms with van der Waals surface area (Å²) in [4.78, 5) is 11.7. The van der Waals surface area contributed by atoms with E-state index in [0.29, 0.717) is 17.8 Å². The number of carbonyl (C=O) groups excluding carboxylic acids is 1. The van der Waals surface area contributed by atoms with Crippen molar-refractivity contribution < 1.29 is 4.79 Å². The van der Waals surface area contributed by atoms with Crippen LogP contribution in [0.5, 0.6) is 0 Å². The predicted octanol–water partition coefficient (Wildman–Crippen LogP) is 1.21. The lowest BCUT2D eigenvalue weighted by Gasteiger charge is -2.17. The van der Waals surface area contributed by atoms with Gasteiger partial charge in [-0.15, -0.1) is 0 Å². The number of benzene rings is 1. The lowest BCUT2D eigenvalue weighted by atomic mass is 9.99. The van der Waals surface area contributed by atoms with Gasteiger partial charge in [0.05, 0.1) is 0 Å². The van der Waals surface area contributed by atoms with Crippen molar-refractivity contribution in [3.8, 4) is 18.2 Å². The molecule has 0 unspecified atom stereocenters. The largest absolute Gasteiger partial charge is 0.352 e. The van der Waals surface area contributed by atoms with Crippen LogP contribution in [0.3, 0.4) is 0 Å². The zero-order chi connectivity index (χ0) is 14.5. The summed E-state index contributed by atoms with van der Waals surface area (Å²) in [6.45, 7) is 0.606. The Kier molecular flexibility index (Phi) is 3.65. The van der Waals surface area contributed by atoms with Crippen LogP contribution in [0.25, 0.3) is 0 Å². The molecule has 1 aliphatic rings. The summed E-state index contributed by atoms with van der Waals surface area (Å²) in [6, 6.07) is 10.2. The van der Waals surface area contributed by atoms with Gasteiger partial charge in [-0.2, -0.15) is 15.8 Å². The highest BCUT2D eigenvalue weighted by Gasteiger charge is 2.17. The van der Waals surface area contributed by atoms with Gasteiger partial charge in [-0.25, -0.2) is 0 Å². The molecule has 0 saturated heterocycles. The SMILES string of the molecule is N#CC(C#N)=C(C#N)Nc1ccc2c(c1)C(=O)NCC2. The van der Waals surface area contributed by atoms with Crippen molar-refractivity contribution in [2.75, 3.05) is 11.9 Å². The second-order valence-corrected chi connectivity index (χ2v) is 4.09. The first-order valence-electron chi connectivity index (χ1n) is 5.82. The third kappa shape index (κ3) is 2.43. The highest BCUT2D eigenvalue weighted by Crippen LogP contribution is 2.20. The molecule has 6 heteroatoms. The van der Waals surface area contributed by atoms with Gasteiger partial charge in [0.1, 0.15) is 23.9 Å². The van der Waals surface area contributed by atoms with Crippen molar-refractivity contribution in [1.29, 1.82) is 15.8 Å². The van der Waals surface area contributed by atoms with Crippen molar-refractivity contribution in [1.82, 2.24) is 5.32 Å². The number of hydrogen-bond donors (Lipinski definition) is 2. The van der Waals surface area contributed by atoms with Crippen LogP contribution in [0.1, 0.15) is 15.9 Å². The van der Waals surface area contributed by atoms with E-state index in [1.54, 1.807) is 36.4 Å². The summed E-state index contributed by atoms with van der Waals surface area (Å²) in [6.07, 6.45) is 0.754. The Morgan fingerprint density at radius 1 is 1.20 bits per heavy atom. The molecule has 1 aliphatic heterocycles. The number of fused-ring (bicyclic) bond motifs is 1. The van der Waals surface area contributed by atoms with Crippen LogP contribution in [0.15, 0.2) is 29.5 Å². The number of nitrogens with zero attached hydrogens (tertiary/aromatic N) is 3. The molecule has 1 aromatic rings. The molecule has 20 heavy (non-hydrogen) atoms. The van der Waals surface area contributed by atoms with Crippen LogP contribution >= 0.6 is 0 Å². The molecule has 0 aromatic heterocycles. The molecular weight excluding hydrogens is 254 g/mol. The van der Waals surface area contributed by atoms with Gasteiger partial charge in [-0.05, 0) is 24.1 Å². The maximum Gasteiger partial charge on any atom is 0.251 e. The van der Waals surface area contributed by atoms with Crippen molar-refractivity contribution in [3.05, 3.63) is 40.6 Å². The summed E-state index contributed by atoms with van der Waals surface area (Å²) < 4.78 is 0. The van der Waals surface area contributed by atoms with Crippen molar-refractivity contribution >= 4 is 11.6 Å². The van der Waals surface area contributed by atoms with Gasteiger partial charge >= 0.3 is 0 Å². The van der Waals surface area contributed by atoms with Gasteiger partial charge in [0, 0.05) is 17.8 Å². The minimum atomic E-state index is -0.297. The summed E-state index contributed by atoms with van der Waals surface area (Å²) >= 11 is 0. The molecule has 0 saturated carbocycles. The first-order chi connectivity index (χ1) is 9.69. The number of nitrogens with one attached hydrogen (secondary N) is 2. The summed E-state index contributed by atoms with van der Waals surface area (Å²) in [5.41, 5.74) is 1.53. The van der Waals surface area contributed by atoms with Crippen LogP contribution in [-0.2, 0) is 6.42 Å². The molecule has 0 aliphatic carbocycles. The first kappa shape index (κ1) is 13.1. The quantitative estimate of drug-likeness (QED) is 0.778.